The van der Waals surface area contributed by atoms with Crippen molar-refractivity contribution >= 4 is 29.1 Å². The van der Waals surface area contributed by atoms with Crippen molar-refractivity contribution in [2.75, 3.05) is 13.1 Å². The van der Waals surface area contributed by atoms with E-state index in [0.29, 0.717) is 10.6 Å². The van der Waals surface area contributed by atoms with Crippen LogP contribution in [0.3, 0.4) is 0 Å². The second kappa shape index (κ2) is 5.99. The number of hydrogen-bond acceptors (Lipinski definition) is 2. The third-order valence-electron chi connectivity index (χ3n) is 4.97. The molecule has 1 aliphatic carbocycles. The van der Waals surface area contributed by atoms with Crippen LogP contribution in [0.15, 0.2) is 12.1 Å². The number of piperidine rings is 1. The quantitative estimate of drug-likeness (QED) is 0.821. The highest BCUT2D eigenvalue weighted by atomic mass is 35.5. The molecule has 2 unspecified atom stereocenters. The van der Waals surface area contributed by atoms with Gasteiger partial charge in [-0.25, -0.2) is 4.39 Å². The highest BCUT2D eigenvalue weighted by molar-refractivity contribution is 6.35. The third kappa shape index (κ3) is 2.97. The predicted molar refractivity (Wildman–Crippen MR) is 85.6 cm³/mol. The number of carbonyl (C=O) groups is 1. The minimum absolute atomic E-state index is 0.0110. The molecule has 1 amide bonds. The van der Waals surface area contributed by atoms with Gasteiger partial charge in [0.15, 0.2) is 0 Å². The third-order valence-corrected chi connectivity index (χ3v) is 5.59. The van der Waals surface area contributed by atoms with E-state index in [0.717, 1.165) is 32.4 Å². The number of amides is 1. The molecule has 1 aliphatic heterocycles. The molecule has 0 radical (unpaired) electrons. The number of benzene rings is 1. The van der Waals surface area contributed by atoms with Crippen LogP contribution in [-0.4, -0.2) is 19.0 Å². The largest absolute Gasteiger partial charge is 0.349 e. The van der Waals surface area contributed by atoms with Gasteiger partial charge in [-0.3, -0.25) is 4.79 Å². The Morgan fingerprint density at radius 1 is 1.36 bits per heavy atom. The van der Waals surface area contributed by atoms with Crippen LogP contribution in [0.5, 0.6) is 0 Å². The lowest BCUT2D eigenvalue weighted by Gasteiger charge is -2.24. The molecule has 3 rings (SSSR count). The van der Waals surface area contributed by atoms with Gasteiger partial charge in [0.1, 0.15) is 5.82 Å². The summed E-state index contributed by atoms with van der Waals surface area (Å²) in [5.41, 5.74) is 0.737. The molecule has 1 aromatic rings. The van der Waals surface area contributed by atoms with Crippen LogP contribution in [-0.2, 0) is 4.79 Å². The normalized spacial score (nSPS) is 24.1. The van der Waals surface area contributed by atoms with Crippen molar-refractivity contribution in [3.05, 3.63) is 33.6 Å². The van der Waals surface area contributed by atoms with E-state index in [2.05, 4.69) is 10.6 Å². The number of halogens is 3. The Bertz CT molecular complexity index is 602. The number of rotatable bonds is 3. The van der Waals surface area contributed by atoms with Gasteiger partial charge in [-0.1, -0.05) is 23.2 Å². The van der Waals surface area contributed by atoms with E-state index < -0.39 is 5.82 Å². The van der Waals surface area contributed by atoms with Crippen molar-refractivity contribution < 1.29 is 9.18 Å². The molecule has 2 atom stereocenters. The molecule has 0 aromatic heterocycles. The molecule has 0 bridgehead atoms. The van der Waals surface area contributed by atoms with Gasteiger partial charge >= 0.3 is 0 Å². The Labute approximate surface area is 139 Å². The minimum Gasteiger partial charge on any atom is -0.349 e. The molecule has 1 aromatic carbocycles. The summed E-state index contributed by atoms with van der Waals surface area (Å²) in [4.78, 5) is 12.4. The van der Waals surface area contributed by atoms with Crippen LogP contribution < -0.4 is 10.6 Å². The average Bonchev–Trinajstić information content (AvgIpc) is 3.17. The van der Waals surface area contributed by atoms with Crippen LogP contribution in [0.25, 0.3) is 0 Å². The lowest BCUT2D eigenvalue weighted by atomic mass is 9.91. The van der Waals surface area contributed by atoms with Crippen molar-refractivity contribution in [1.29, 1.82) is 0 Å². The molecular weight excluding hydrogens is 326 g/mol. The first-order chi connectivity index (χ1) is 10.4. The van der Waals surface area contributed by atoms with E-state index in [1.807, 2.05) is 6.92 Å². The maximum Gasteiger partial charge on any atom is 0.224 e. The maximum absolute atomic E-state index is 13.6. The summed E-state index contributed by atoms with van der Waals surface area (Å²) in [6.07, 6.45) is 3.06. The first-order valence-corrected chi connectivity index (χ1v) is 8.34. The molecule has 3 nitrogen and oxygen atoms in total. The first kappa shape index (κ1) is 16.0. The minimum atomic E-state index is -0.525. The second-order valence-corrected chi connectivity index (χ2v) is 7.20. The summed E-state index contributed by atoms with van der Waals surface area (Å²) in [6.45, 7) is 3.77. The van der Waals surface area contributed by atoms with Gasteiger partial charge in [0.2, 0.25) is 5.91 Å². The Morgan fingerprint density at radius 3 is 2.73 bits per heavy atom. The first-order valence-electron chi connectivity index (χ1n) is 7.58. The van der Waals surface area contributed by atoms with Gasteiger partial charge in [0.05, 0.1) is 11.1 Å². The topological polar surface area (TPSA) is 41.1 Å². The van der Waals surface area contributed by atoms with Crippen molar-refractivity contribution in [2.45, 2.75) is 32.2 Å². The lowest BCUT2D eigenvalue weighted by molar-refractivity contribution is -0.123. The van der Waals surface area contributed by atoms with Gasteiger partial charge in [-0.05, 0) is 62.4 Å². The average molecular weight is 345 g/mol. The van der Waals surface area contributed by atoms with Crippen molar-refractivity contribution in [1.82, 2.24) is 10.6 Å². The van der Waals surface area contributed by atoms with Crippen LogP contribution >= 0.6 is 23.2 Å². The SMILES string of the molecule is CC(NC(=O)C1CC12CCNCC2)c1cc(F)c(Cl)cc1Cl. The van der Waals surface area contributed by atoms with Gasteiger partial charge in [0, 0.05) is 10.9 Å². The van der Waals surface area contributed by atoms with E-state index in [-0.39, 0.29) is 28.3 Å². The van der Waals surface area contributed by atoms with Crippen molar-refractivity contribution in [3.63, 3.8) is 0 Å². The zero-order valence-electron chi connectivity index (χ0n) is 12.4. The number of carbonyl (C=O) groups excluding carboxylic acids is 1. The highest BCUT2D eigenvalue weighted by Crippen LogP contribution is 2.58. The van der Waals surface area contributed by atoms with E-state index >= 15 is 0 Å². The Kier molecular flexibility index (Phi) is 4.36. The standard InChI is InChI=1S/C16H19Cl2FN2O/c1-9(10-6-14(19)13(18)7-12(10)17)21-15(22)11-8-16(11)2-4-20-5-3-16/h6-7,9,11,20H,2-5,8H2,1H3,(H,21,22). The van der Waals surface area contributed by atoms with Crippen LogP contribution in [0.1, 0.15) is 37.8 Å². The summed E-state index contributed by atoms with van der Waals surface area (Å²) in [7, 11) is 0. The molecule has 2 N–H and O–H groups in total. The molecule has 22 heavy (non-hydrogen) atoms. The predicted octanol–water partition coefficient (Wildman–Crippen LogP) is 3.70. The zero-order chi connectivity index (χ0) is 15.9. The fourth-order valence-corrected chi connectivity index (χ4v) is 4.00. The fraction of sp³-hybridized carbons (Fsp3) is 0.562. The summed E-state index contributed by atoms with van der Waals surface area (Å²) in [6, 6.07) is 2.33. The number of nitrogens with one attached hydrogen (secondary N) is 2. The molecule has 1 saturated heterocycles. The second-order valence-electron chi connectivity index (χ2n) is 6.39. The number of hydrogen-bond donors (Lipinski definition) is 2. The smallest absolute Gasteiger partial charge is 0.224 e. The molecule has 2 fully saturated rings. The fourth-order valence-electron chi connectivity index (χ4n) is 3.46. The van der Waals surface area contributed by atoms with Crippen molar-refractivity contribution in [2.24, 2.45) is 11.3 Å². The summed E-state index contributed by atoms with van der Waals surface area (Å²) >= 11 is 11.8. The monoisotopic (exact) mass is 344 g/mol. The molecule has 6 heteroatoms. The molecule has 1 heterocycles. The summed E-state index contributed by atoms with van der Waals surface area (Å²) in [5.74, 6) is -0.405. The summed E-state index contributed by atoms with van der Waals surface area (Å²) < 4.78 is 13.6. The lowest BCUT2D eigenvalue weighted by Crippen LogP contribution is -2.34. The summed E-state index contributed by atoms with van der Waals surface area (Å²) in [5, 5.41) is 6.64. The van der Waals surface area contributed by atoms with Gasteiger partial charge < -0.3 is 10.6 Å². The molecule has 1 spiro atoms. The molecule has 120 valence electrons. The Hall–Kier alpha value is -0.840. The van der Waals surface area contributed by atoms with Crippen molar-refractivity contribution in [3.8, 4) is 0 Å². The van der Waals surface area contributed by atoms with Crippen LogP contribution in [0.4, 0.5) is 4.39 Å². The molecular formula is C16H19Cl2FN2O. The maximum atomic E-state index is 13.6. The van der Waals surface area contributed by atoms with Crippen LogP contribution in [0, 0.1) is 17.2 Å². The van der Waals surface area contributed by atoms with Gasteiger partial charge in [-0.15, -0.1) is 0 Å². The van der Waals surface area contributed by atoms with E-state index in [9.17, 15) is 9.18 Å². The van der Waals surface area contributed by atoms with E-state index in [1.54, 1.807) is 0 Å². The zero-order valence-corrected chi connectivity index (χ0v) is 13.9. The molecule has 1 saturated carbocycles. The van der Waals surface area contributed by atoms with E-state index in [4.69, 9.17) is 23.2 Å². The van der Waals surface area contributed by atoms with E-state index in [1.165, 1.54) is 12.1 Å². The molecule has 2 aliphatic rings. The highest BCUT2D eigenvalue weighted by Gasteiger charge is 2.57. The Morgan fingerprint density at radius 2 is 2.05 bits per heavy atom. The van der Waals surface area contributed by atoms with Gasteiger partial charge in [0.25, 0.3) is 0 Å². The Balaban J connectivity index is 1.66. The van der Waals surface area contributed by atoms with Gasteiger partial charge in [-0.2, -0.15) is 0 Å². The van der Waals surface area contributed by atoms with Crippen LogP contribution in [0.2, 0.25) is 10.0 Å².